The van der Waals surface area contributed by atoms with Gasteiger partial charge in [0.2, 0.25) is 0 Å². The third kappa shape index (κ3) is 1.46. The van der Waals surface area contributed by atoms with Gasteiger partial charge in [0.15, 0.2) is 11.1 Å². The van der Waals surface area contributed by atoms with E-state index in [1.165, 1.54) is 16.6 Å². The zero-order chi connectivity index (χ0) is 12.7. The molecule has 0 bridgehead atoms. The lowest BCUT2D eigenvalue weighted by atomic mass is 10.2. The van der Waals surface area contributed by atoms with E-state index in [9.17, 15) is 0 Å². The summed E-state index contributed by atoms with van der Waals surface area (Å²) in [5.74, 6) is 5.58. The standard InChI is InChI=1S/C12H12N6/c1-8-2-4-9(5-3-8)18-12-10(6-16-18)11(13)17(14)7-15-12/h2-7,13H,14H2,1H3. The van der Waals surface area contributed by atoms with Gasteiger partial charge >= 0.3 is 0 Å². The molecule has 2 heterocycles. The molecule has 18 heavy (non-hydrogen) atoms. The molecule has 2 aromatic heterocycles. The Kier molecular flexibility index (Phi) is 2.16. The molecule has 0 fully saturated rings. The van der Waals surface area contributed by atoms with E-state index in [-0.39, 0.29) is 5.49 Å². The van der Waals surface area contributed by atoms with Crippen molar-refractivity contribution >= 4 is 11.0 Å². The van der Waals surface area contributed by atoms with Gasteiger partial charge in [-0.05, 0) is 19.1 Å². The van der Waals surface area contributed by atoms with Crippen molar-refractivity contribution in [3.63, 3.8) is 0 Å². The lowest BCUT2D eigenvalue weighted by molar-refractivity contribution is 0.850. The Morgan fingerprint density at radius 1 is 1.22 bits per heavy atom. The summed E-state index contributed by atoms with van der Waals surface area (Å²) in [6, 6.07) is 7.96. The molecule has 0 amide bonds. The van der Waals surface area contributed by atoms with Crippen molar-refractivity contribution in [2.24, 2.45) is 0 Å². The summed E-state index contributed by atoms with van der Waals surface area (Å²) in [4.78, 5) is 4.22. The van der Waals surface area contributed by atoms with Crippen LogP contribution in [-0.4, -0.2) is 19.4 Å². The largest absolute Gasteiger partial charge is 0.336 e. The molecule has 0 saturated carbocycles. The molecule has 3 aromatic rings. The monoisotopic (exact) mass is 240 g/mol. The van der Waals surface area contributed by atoms with Gasteiger partial charge in [0.1, 0.15) is 6.33 Å². The number of nitrogens with two attached hydrogens (primary N) is 1. The summed E-state index contributed by atoms with van der Waals surface area (Å²) < 4.78 is 2.87. The fourth-order valence-electron chi connectivity index (χ4n) is 1.82. The van der Waals surface area contributed by atoms with Crippen LogP contribution in [0.1, 0.15) is 5.56 Å². The number of hydrogen-bond acceptors (Lipinski definition) is 4. The molecule has 1 aromatic carbocycles. The van der Waals surface area contributed by atoms with E-state index in [1.54, 1.807) is 10.9 Å². The maximum atomic E-state index is 7.84. The van der Waals surface area contributed by atoms with Gasteiger partial charge in [0.05, 0.1) is 17.3 Å². The van der Waals surface area contributed by atoms with Gasteiger partial charge < -0.3 is 5.84 Å². The molecule has 0 atom stereocenters. The molecule has 90 valence electrons. The molecule has 0 spiro atoms. The van der Waals surface area contributed by atoms with Crippen molar-refractivity contribution in [1.29, 1.82) is 5.41 Å². The quantitative estimate of drug-likeness (QED) is 0.615. The Bertz CT molecular complexity index is 765. The normalized spacial score (nSPS) is 10.9. The first kappa shape index (κ1) is 10.5. The van der Waals surface area contributed by atoms with E-state index in [0.717, 1.165) is 5.69 Å². The molecule has 0 aliphatic rings. The minimum Gasteiger partial charge on any atom is -0.336 e. The fourth-order valence-corrected chi connectivity index (χ4v) is 1.82. The maximum Gasteiger partial charge on any atom is 0.168 e. The topological polar surface area (TPSA) is 85.5 Å². The van der Waals surface area contributed by atoms with Crippen LogP contribution in [0.25, 0.3) is 16.7 Å². The zero-order valence-corrected chi connectivity index (χ0v) is 9.83. The number of aryl methyl sites for hydroxylation is 1. The Morgan fingerprint density at radius 3 is 2.67 bits per heavy atom. The van der Waals surface area contributed by atoms with Gasteiger partial charge in [-0.2, -0.15) is 5.10 Å². The van der Waals surface area contributed by atoms with Gasteiger partial charge in [-0.1, -0.05) is 17.7 Å². The van der Waals surface area contributed by atoms with E-state index < -0.39 is 0 Å². The first-order valence-electron chi connectivity index (χ1n) is 5.49. The van der Waals surface area contributed by atoms with Crippen molar-refractivity contribution in [2.45, 2.75) is 6.92 Å². The fraction of sp³-hybridized carbons (Fsp3) is 0.0833. The molecule has 0 aliphatic carbocycles. The van der Waals surface area contributed by atoms with E-state index in [2.05, 4.69) is 10.1 Å². The molecular weight excluding hydrogens is 228 g/mol. The smallest absolute Gasteiger partial charge is 0.168 e. The van der Waals surface area contributed by atoms with Crippen molar-refractivity contribution in [3.8, 4) is 5.69 Å². The minimum absolute atomic E-state index is 0.193. The van der Waals surface area contributed by atoms with Gasteiger partial charge in [0.25, 0.3) is 0 Å². The molecule has 0 radical (unpaired) electrons. The Hall–Kier alpha value is -2.63. The molecule has 6 heteroatoms. The van der Waals surface area contributed by atoms with Crippen molar-refractivity contribution in [3.05, 3.63) is 47.8 Å². The van der Waals surface area contributed by atoms with Gasteiger partial charge in [-0.15, -0.1) is 0 Å². The molecule has 3 N–H and O–H groups in total. The second-order valence-corrected chi connectivity index (χ2v) is 4.13. The van der Waals surface area contributed by atoms with Crippen molar-refractivity contribution in [2.75, 3.05) is 5.84 Å². The van der Waals surface area contributed by atoms with Crippen LogP contribution < -0.4 is 11.3 Å². The number of benzene rings is 1. The highest BCUT2D eigenvalue weighted by molar-refractivity contribution is 5.74. The van der Waals surface area contributed by atoms with E-state index in [1.807, 2.05) is 31.2 Å². The summed E-state index contributed by atoms with van der Waals surface area (Å²) in [5, 5.41) is 12.7. The summed E-state index contributed by atoms with van der Waals surface area (Å²) in [5.41, 5.74) is 2.92. The second-order valence-electron chi connectivity index (χ2n) is 4.13. The van der Waals surface area contributed by atoms with Gasteiger partial charge in [-0.25, -0.2) is 14.3 Å². The Labute approximate surface area is 103 Å². The highest BCUT2D eigenvalue weighted by Gasteiger charge is 2.08. The van der Waals surface area contributed by atoms with Gasteiger partial charge in [-0.3, -0.25) is 5.41 Å². The lowest BCUT2D eigenvalue weighted by Gasteiger charge is -2.04. The summed E-state index contributed by atoms with van der Waals surface area (Å²) in [6.07, 6.45) is 3.02. The molecule has 6 nitrogen and oxygen atoms in total. The van der Waals surface area contributed by atoms with Crippen LogP contribution in [0.5, 0.6) is 0 Å². The average molecular weight is 240 g/mol. The average Bonchev–Trinajstić information content (AvgIpc) is 2.79. The number of rotatable bonds is 1. The minimum atomic E-state index is 0.193. The lowest BCUT2D eigenvalue weighted by Crippen LogP contribution is -2.27. The van der Waals surface area contributed by atoms with E-state index >= 15 is 0 Å². The second kappa shape index (κ2) is 3.69. The van der Waals surface area contributed by atoms with Crippen molar-refractivity contribution in [1.82, 2.24) is 19.4 Å². The van der Waals surface area contributed by atoms with Crippen LogP contribution in [0, 0.1) is 12.3 Å². The molecule has 0 aliphatic heterocycles. The SMILES string of the molecule is Cc1ccc(-n2ncc3c(=N)n(N)cnc32)cc1. The first-order chi connectivity index (χ1) is 8.66. The first-order valence-corrected chi connectivity index (χ1v) is 5.49. The van der Waals surface area contributed by atoms with Crippen LogP contribution in [0.3, 0.4) is 0 Å². The highest BCUT2D eigenvalue weighted by atomic mass is 15.3. The molecule has 0 unspecified atom stereocenters. The Morgan fingerprint density at radius 2 is 1.94 bits per heavy atom. The number of hydrogen-bond donors (Lipinski definition) is 2. The van der Waals surface area contributed by atoms with Crippen LogP contribution >= 0.6 is 0 Å². The van der Waals surface area contributed by atoms with Crippen LogP contribution in [-0.2, 0) is 0 Å². The third-order valence-electron chi connectivity index (χ3n) is 2.84. The number of nitrogen functional groups attached to an aromatic ring is 1. The summed E-state index contributed by atoms with van der Waals surface area (Å²) in [7, 11) is 0. The van der Waals surface area contributed by atoms with E-state index in [0.29, 0.717) is 11.0 Å². The van der Waals surface area contributed by atoms with Gasteiger partial charge in [0, 0.05) is 0 Å². The number of aromatic nitrogens is 4. The van der Waals surface area contributed by atoms with Crippen LogP contribution in [0.4, 0.5) is 0 Å². The Balaban J connectivity index is 2.28. The van der Waals surface area contributed by atoms with Crippen LogP contribution in [0.2, 0.25) is 0 Å². The molecule has 3 rings (SSSR count). The van der Waals surface area contributed by atoms with Crippen molar-refractivity contribution < 1.29 is 0 Å². The number of nitrogens with zero attached hydrogens (tertiary/aromatic N) is 4. The van der Waals surface area contributed by atoms with Crippen LogP contribution in [0.15, 0.2) is 36.8 Å². The summed E-state index contributed by atoms with van der Waals surface area (Å²) in [6.45, 7) is 2.03. The highest BCUT2D eigenvalue weighted by Crippen LogP contribution is 2.13. The maximum absolute atomic E-state index is 7.84. The predicted molar refractivity (Wildman–Crippen MR) is 67.6 cm³/mol. The predicted octanol–water partition coefficient (Wildman–Crippen LogP) is 0.724. The summed E-state index contributed by atoms with van der Waals surface area (Å²) >= 11 is 0. The number of fused-ring (bicyclic) bond motifs is 1. The zero-order valence-electron chi connectivity index (χ0n) is 9.83. The third-order valence-corrected chi connectivity index (χ3v) is 2.84. The molecule has 0 saturated heterocycles. The number of nitrogens with one attached hydrogen (secondary N) is 1. The molecular formula is C12H12N6. The van der Waals surface area contributed by atoms with E-state index in [4.69, 9.17) is 11.3 Å².